The van der Waals surface area contributed by atoms with Gasteiger partial charge in [0, 0.05) is 43.2 Å². The molecule has 6 atom stereocenters. The van der Waals surface area contributed by atoms with Gasteiger partial charge in [0.2, 0.25) is 23.6 Å². The molecule has 4 aromatic rings. The van der Waals surface area contributed by atoms with E-state index in [1.165, 1.54) is 27.1 Å². The van der Waals surface area contributed by atoms with Gasteiger partial charge in [-0.15, -0.1) is 0 Å². The summed E-state index contributed by atoms with van der Waals surface area (Å²) in [5.74, 6) is -3.08. The van der Waals surface area contributed by atoms with Crippen molar-refractivity contribution < 1.29 is 48.4 Å². The van der Waals surface area contributed by atoms with Crippen LogP contribution in [0.2, 0.25) is 0 Å². The molecule has 0 saturated carbocycles. The Morgan fingerprint density at radius 2 is 1.53 bits per heavy atom. The number of hydrogen-bond donors (Lipinski definition) is 9. The number of ether oxygens (including phenoxy) is 3. The number of aromatic nitrogens is 2. The topological polar surface area (TPSA) is 332 Å². The summed E-state index contributed by atoms with van der Waals surface area (Å²) < 4.78 is 18.2. The van der Waals surface area contributed by atoms with E-state index in [1.807, 2.05) is 30.3 Å². The van der Waals surface area contributed by atoms with Crippen LogP contribution in [0.1, 0.15) is 78.6 Å². The molecule has 2 heterocycles. The fourth-order valence-electron chi connectivity index (χ4n) is 8.07. The van der Waals surface area contributed by atoms with Crippen LogP contribution in [0.4, 0.5) is 0 Å². The van der Waals surface area contributed by atoms with E-state index in [0.717, 1.165) is 16.0 Å². The van der Waals surface area contributed by atoms with Crippen molar-refractivity contribution in [2.75, 3.05) is 53.6 Å². The van der Waals surface area contributed by atoms with Crippen LogP contribution in [0.3, 0.4) is 0 Å². The SMILES string of the molecule is COc1c(OC[C@H](O)CN)cc2cc1-c1cc(ccc1OC[C@H](O)CN)C[C@@H](C(=O)NCC#N)NC(=O)[C@H](C)NC(=O)[C@H]2N(C)C(=O)[C@H](CCN)NC(=O)c1c(C)nc(-c2ccc(C(C)(C)C)cc2)nc1C. The number of aliphatic hydroxyl groups excluding tert-OH is 2. The van der Waals surface area contributed by atoms with E-state index in [0.29, 0.717) is 22.8 Å². The fourth-order valence-corrected chi connectivity index (χ4v) is 8.07. The minimum atomic E-state index is -1.60. The third-order valence-electron chi connectivity index (χ3n) is 12.1. The van der Waals surface area contributed by atoms with Crippen molar-refractivity contribution in [3.63, 3.8) is 0 Å². The number of aliphatic hydroxyl groups is 2. The minimum Gasteiger partial charge on any atom is -0.492 e. The monoisotopic (exact) mass is 994 g/mol. The van der Waals surface area contributed by atoms with Crippen LogP contribution < -0.4 is 52.7 Å². The number of rotatable bonds is 18. The number of methoxy groups -OCH3 is 1. The lowest BCUT2D eigenvalue weighted by Gasteiger charge is -2.33. The summed E-state index contributed by atoms with van der Waals surface area (Å²) in [6.45, 7) is 9.77. The molecular formula is C51H67N11O10. The second-order valence-corrected chi connectivity index (χ2v) is 18.6. The third kappa shape index (κ3) is 13.6. The van der Waals surface area contributed by atoms with Gasteiger partial charge in [0.15, 0.2) is 17.3 Å². The van der Waals surface area contributed by atoms with Crippen LogP contribution in [0.15, 0.2) is 54.6 Å². The van der Waals surface area contributed by atoms with Gasteiger partial charge in [-0.2, -0.15) is 5.26 Å². The molecule has 1 aromatic heterocycles. The Labute approximate surface area is 419 Å². The zero-order valence-electron chi connectivity index (χ0n) is 42.0. The normalized spacial score (nSPS) is 17.1. The standard InChI is InChI=1S/C51H67N11O10/c1-27-42(28(2)58-45(57-27)31-10-12-33(13-11-31)51(4,5)6)48(67)60-38(15-16-52)50(69)62(7)43-32-21-37(44(70-8)41(22-32)72-26-35(64)24-55)36-19-30(9-14-40(36)71-25-34(63)23-54)20-39(47(66)56-18-17-53)61-46(65)29(3)59-49(43)68/h9-14,19,21-22,29,34-35,38-39,43,63-64H,15-16,18,20,23-26,52,54-55H2,1-8H3,(H,56,66)(H,59,68)(H,60,67)(H,61,65)/t29-,34+,35+,38-,39-,43-/m0/s1. The van der Waals surface area contributed by atoms with Crippen LogP contribution in [-0.4, -0.2) is 139 Å². The fraction of sp³-hybridized carbons (Fsp3) is 0.451. The van der Waals surface area contributed by atoms with Crippen molar-refractivity contribution in [1.82, 2.24) is 36.1 Å². The highest BCUT2D eigenvalue weighted by atomic mass is 16.5. The zero-order chi connectivity index (χ0) is 53.0. The number of nitriles is 1. The van der Waals surface area contributed by atoms with Gasteiger partial charge >= 0.3 is 0 Å². The predicted octanol–water partition coefficient (Wildman–Crippen LogP) is 0.963. The molecule has 0 saturated heterocycles. The highest BCUT2D eigenvalue weighted by molar-refractivity contribution is 6.00. The Kier molecular flexibility index (Phi) is 19.1. The summed E-state index contributed by atoms with van der Waals surface area (Å²) in [6, 6.07) is 12.1. The third-order valence-corrected chi connectivity index (χ3v) is 12.1. The predicted molar refractivity (Wildman–Crippen MR) is 267 cm³/mol. The van der Waals surface area contributed by atoms with Crippen molar-refractivity contribution >= 4 is 29.5 Å². The van der Waals surface area contributed by atoms with Crippen molar-refractivity contribution in [3.05, 3.63) is 88.2 Å². The number of amides is 5. The number of fused-ring (bicyclic) bond motifs is 5. The second kappa shape index (κ2) is 24.8. The smallest absolute Gasteiger partial charge is 0.255 e. The van der Waals surface area contributed by atoms with Crippen LogP contribution in [0, 0.1) is 25.2 Å². The van der Waals surface area contributed by atoms with E-state index in [1.54, 1.807) is 38.1 Å². The van der Waals surface area contributed by atoms with E-state index in [4.69, 9.17) is 31.4 Å². The first-order valence-electron chi connectivity index (χ1n) is 23.5. The minimum absolute atomic E-state index is 0.00695. The molecule has 0 unspecified atom stereocenters. The summed E-state index contributed by atoms with van der Waals surface area (Å²) in [6.07, 6.45) is -2.39. The molecule has 3 aromatic carbocycles. The Hall–Kier alpha value is -7.22. The van der Waals surface area contributed by atoms with E-state index in [-0.39, 0.29) is 97.2 Å². The first-order chi connectivity index (χ1) is 34.1. The quantitative estimate of drug-likeness (QED) is 0.0627. The van der Waals surface area contributed by atoms with Gasteiger partial charge in [0.25, 0.3) is 5.91 Å². The number of nitrogens with zero attached hydrogens (tertiary/aromatic N) is 4. The molecule has 5 rings (SSSR count). The van der Waals surface area contributed by atoms with Crippen LogP contribution in [0.5, 0.6) is 17.2 Å². The number of nitrogens with two attached hydrogens (primary N) is 3. The Morgan fingerprint density at radius 1 is 0.903 bits per heavy atom. The highest BCUT2D eigenvalue weighted by Gasteiger charge is 2.37. The van der Waals surface area contributed by atoms with Crippen LogP contribution in [0.25, 0.3) is 22.5 Å². The molecule has 21 heteroatoms. The van der Waals surface area contributed by atoms with Gasteiger partial charge in [-0.25, -0.2) is 9.97 Å². The van der Waals surface area contributed by atoms with Gasteiger partial charge in [0.1, 0.15) is 61.9 Å². The van der Waals surface area contributed by atoms with Crippen molar-refractivity contribution in [2.45, 2.75) is 96.2 Å². The van der Waals surface area contributed by atoms with Crippen LogP contribution in [-0.2, 0) is 31.0 Å². The van der Waals surface area contributed by atoms with Crippen LogP contribution >= 0.6 is 0 Å². The second-order valence-electron chi connectivity index (χ2n) is 18.6. The molecule has 0 fully saturated rings. The summed E-state index contributed by atoms with van der Waals surface area (Å²) >= 11 is 0. The summed E-state index contributed by atoms with van der Waals surface area (Å²) in [4.78, 5) is 81.9. The zero-order valence-corrected chi connectivity index (χ0v) is 42.0. The summed E-state index contributed by atoms with van der Waals surface area (Å²) in [7, 11) is 2.71. The van der Waals surface area contributed by atoms with Gasteiger partial charge in [-0.05, 0) is 80.1 Å². The molecule has 1 aliphatic rings. The number of hydrogen-bond acceptors (Lipinski definition) is 16. The van der Waals surface area contributed by atoms with Crippen molar-refractivity contribution in [2.24, 2.45) is 17.2 Å². The van der Waals surface area contributed by atoms with Crippen molar-refractivity contribution in [1.29, 1.82) is 5.26 Å². The maximum Gasteiger partial charge on any atom is 0.255 e. The lowest BCUT2D eigenvalue weighted by atomic mass is 9.86. The maximum atomic E-state index is 14.9. The van der Waals surface area contributed by atoms with E-state index in [2.05, 4.69) is 52.0 Å². The maximum absolute atomic E-state index is 14.9. The summed E-state index contributed by atoms with van der Waals surface area (Å²) in [5, 5.41) is 40.8. The summed E-state index contributed by atoms with van der Waals surface area (Å²) in [5.41, 5.74) is 21.3. The first kappa shape index (κ1) is 55.7. The molecule has 4 bridgehead atoms. The van der Waals surface area contributed by atoms with Gasteiger partial charge in [-0.1, -0.05) is 51.1 Å². The number of likely N-dealkylation sites (N-methyl/N-ethyl adjacent to an activating group) is 1. The molecule has 5 amide bonds. The largest absolute Gasteiger partial charge is 0.492 e. The van der Waals surface area contributed by atoms with Gasteiger partial charge in [-0.3, -0.25) is 24.0 Å². The molecule has 1 aliphatic heterocycles. The number of benzene rings is 3. The Bertz CT molecular complexity index is 2630. The van der Waals surface area contributed by atoms with Crippen molar-refractivity contribution in [3.8, 4) is 45.8 Å². The molecule has 386 valence electrons. The molecule has 12 N–H and O–H groups in total. The number of carbonyl (C=O) groups is 5. The van der Waals surface area contributed by atoms with E-state index < -0.39 is 65.9 Å². The molecular weight excluding hydrogens is 927 g/mol. The Morgan fingerprint density at radius 3 is 2.10 bits per heavy atom. The number of aryl methyl sites for hydroxylation is 2. The average molecular weight is 994 g/mol. The lowest BCUT2D eigenvalue weighted by molar-refractivity contribution is -0.141. The first-order valence-corrected chi connectivity index (χ1v) is 23.5. The molecule has 0 spiro atoms. The molecule has 0 radical (unpaired) electrons. The molecule has 0 aliphatic carbocycles. The Balaban J connectivity index is 1.66. The lowest BCUT2D eigenvalue weighted by Crippen LogP contribution is -2.56. The molecule has 21 nitrogen and oxygen atoms in total. The number of nitrogens with one attached hydrogen (secondary N) is 4. The van der Waals surface area contributed by atoms with E-state index >= 15 is 0 Å². The average Bonchev–Trinajstić information content (AvgIpc) is 3.34. The molecule has 72 heavy (non-hydrogen) atoms. The van der Waals surface area contributed by atoms with E-state index in [9.17, 15) is 39.4 Å². The van der Waals surface area contributed by atoms with Gasteiger partial charge in [0.05, 0.1) is 30.1 Å². The highest BCUT2D eigenvalue weighted by Crippen LogP contribution is 2.45. The van der Waals surface area contributed by atoms with Gasteiger partial charge < -0.3 is 67.8 Å². The number of carbonyl (C=O) groups excluding carboxylic acids is 5.